The average Bonchev–Trinajstić information content (AvgIpc) is 3.14. The Labute approximate surface area is 174 Å². The van der Waals surface area contributed by atoms with E-state index in [2.05, 4.69) is 4.98 Å². The van der Waals surface area contributed by atoms with E-state index in [1.165, 1.54) is 23.5 Å². The van der Waals surface area contributed by atoms with Crippen LogP contribution in [-0.4, -0.2) is 11.0 Å². The molecule has 0 aliphatic carbocycles. The van der Waals surface area contributed by atoms with Crippen molar-refractivity contribution in [3.05, 3.63) is 86.1 Å². The summed E-state index contributed by atoms with van der Waals surface area (Å²) < 4.78 is 16.1. The Morgan fingerprint density at radius 2 is 1.83 bits per heavy atom. The Kier molecular flexibility index (Phi) is 5.59. The van der Waals surface area contributed by atoms with E-state index in [1.54, 1.807) is 47.8 Å². The molecule has 0 unspecified atom stereocenters. The maximum absolute atomic E-state index is 12.2. The van der Waals surface area contributed by atoms with Crippen LogP contribution in [0.5, 0.6) is 11.5 Å². The van der Waals surface area contributed by atoms with Crippen molar-refractivity contribution in [1.29, 1.82) is 0 Å². The molecular weight excluding hydrogens is 414 g/mol. The lowest BCUT2D eigenvalue weighted by Crippen LogP contribution is -2.11. The van der Waals surface area contributed by atoms with Gasteiger partial charge in [0.2, 0.25) is 0 Å². The highest BCUT2D eigenvalue weighted by Gasteiger charge is 2.11. The van der Waals surface area contributed by atoms with Crippen molar-refractivity contribution in [2.75, 3.05) is 0 Å². The van der Waals surface area contributed by atoms with E-state index >= 15 is 0 Å². The molecule has 4 aromatic rings. The van der Waals surface area contributed by atoms with Gasteiger partial charge in [0.15, 0.2) is 0 Å². The lowest BCUT2D eigenvalue weighted by molar-refractivity contribution is -0.133. The topological polar surface area (TPSA) is 78.6 Å². The molecule has 0 saturated heterocycles. The predicted molar refractivity (Wildman–Crippen MR) is 110 cm³/mol. The fraction of sp³-hybridized carbons (Fsp3) is 0.0952. The third-order valence-corrected chi connectivity index (χ3v) is 5.05. The van der Waals surface area contributed by atoms with E-state index in [-0.39, 0.29) is 6.42 Å². The van der Waals surface area contributed by atoms with E-state index in [0.29, 0.717) is 34.4 Å². The summed E-state index contributed by atoms with van der Waals surface area (Å²) in [6.45, 7) is 0.297. The Morgan fingerprint density at radius 3 is 2.66 bits per heavy atom. The van der Waals surface area contributed by atoms with Gasteiger partial charge in [-0.2, -0.15) is 0 Å². The van der Waals surface area contributed by atoms with Crippen molar-refractivity contribution in [2.45, 2.75) is 13.0 Å². The first-order valence-corrected chi connectivity index (χ1v) is 9.87. The number of ether oxygens (including phenoxy) is 2. The van der Waals surface area contributed by atoms with E-state index < -0.39 is 11.6 Å². The summed E-state index contributed by atoms with van der Waals surface area (Å²) in [5, 5.41) is 3.92. The van der Waals surface area contributed by atoms with Crippen molar-refractivity contribution >= 4 is 39.9 Å². The minimum absolute atomic E-state index is 0.0220. The Bertz CT molecular complexity index is 1220. The molecule has 2 aromatic carbocycles. The number of fused-ring (bicyclic) bond motifs is 1. The number of esters is 1. The summed E-state index contributed by atoms with van der Waals surface area (Å²) in [7, 11) is 0. The van der Waals surface area contributed by atoms with E-state index in [9.17, 15) is 9.59 Å². The summed E-state index contributed by atoms with van der Waals surface area (Å²) in [5.41, 5.74) is 0.497. The van der Waals surface area contributed by atoms with Gasteiger partial charge in [0.05, 0.1) is 12.1 Å². The number of carbonyl (C=O) groups is 1. The van der Waals surface area contributed by atoms with Crippen LogP contribution >= 0.6 is 22.9 Å². The smallest absolute Gasteiger partial charge is 0.336 e. The summed E-state index contributed by atoms with van der Waals surface area (Å²) in [6, 6.07) is 14.9. The molecular formula is C21H14ClNO5S. The molecule has 2 heterocycles. The highest BCUT2D eigenvalue weighted by molar-refractivity contribution is 7.09. The van der Waals surface area contributed by atoms with Gasteiger partial charge in [-0.05, 0) is 42.5 Å². The molecule has 8 heteroatoms. The van der Waals surface area contributed by atoms with Gasteiger partial charge in [0, 0.05) is 27.9 Å². The van der Waals surface area contributed by atoms with Crippen LogP contribution in [0.25, 0.3) is 11.0 Å². The first-order valence-electron chi connectivity index (χ1n) is 8.61. The normalized spacial score (nSPS) is 10.8. The fourth-order valence-electron chi connectivity index (χ4n) is 2.59. The molecule has 0 bridgehead atoms. The second-order valence-corrected chi connectivity index (χ2v) is 7.46. The molecule has 0 spiro atoms. The predicted octanol–water partition coefficient (Wildman–Crippen LogP) is 4.63. The van der Waals surface area contributed by atoms with Crippen molar-refractivity contribution in [3.8, 4) is 11.5 Å². The van der Waals surface area contributed by atoms with Crippen LogP contribution in [0.3, 0.4) is 0 Å². The lowest BCUT2D eigenvalue weighted by atomic mass is 10.2. The van der Waals surface area contributed by atoms with Gasteiger partial charge >= 0.3 is 11.6 Å². The van der Waals surface area contributed by atoms with Gasteiger partial charge in [-0.3, -0.25) is 4.79 Å². The summed E-state index contributed by atoms with van der Waals surface area (Å²) >= 11 is 7.25. The quantitative estimate of drug-likeness (QED) is 0.253. The van der Waals surface area contributed by atoms with Crippen molar-refractivity contribution in [1.82, 2.24) is 4.98 Å². The molecule has 6 nitrogen and oxygen atoms in total. The third-order valence-electron chi connectivity index (χ3n) is 3.93. The molecule has 4 rings (SSSR count). The zero-order chi connectivity index (χ0) is 20.2. The zero-order valence-corrected chi connectivity index (χ0v) is 16.5. The molecule has 0 fully saturated rings. The van der Waals surface area contributed by atoms with E-state index in [0.717, 1.165) is 10.4 Å². The highest BCUT2D eigenvalue weighted by Crippen LogP contribution is 2.21. The summed E-state index contributed by atoms with van der Waals surface area (Å²) in [5.74, 6) is 0.532. The van der Waals surface area contributed by atoms with E-state index in [4.69, 9.17) is 25.5 Å². The molecule has 0 saturated carbocycles. The Balaban J connectivity index is 1.35. The van der Waals surface area contributed by atoms with Crippen LogP contribution in [0.1, 0.15) is 10.7 Å². The largest absolute Gasteiger partial charge is 0.486 e. The number of carbonyl (C=O) groups excluding carboxylic acids is 1. The Hall–Kier alpha value is -3.16. The van der Waals surface area contributed by atoms with Gasteiger partial charge in [0.1, 0.15) is 28.7 Å². The SMILES string of the molecule is O=C(Cc1csc(COc2ccc(Cl)cc2)n1)Oc1ccc2ccc(=O)oc2c1. The Morgan fingerprint density at radius 1 is 1.07 bits per heavy atom. The fourth-order valence-corrected chi connectivity index (χ4v) is 3.42. The molecule has 0 aliphatic heterocycles. The first-order chi connectivity index (χ1) is 14.0. The van der Waals surface area contributed by atoms with Crippen molar-refractivity contribution < 1.29 is 18.7 Å². The number of thiazole rings is 1. The minimum atomic E-state index is -0.461. The van der Waals surface area contributed by atoms with Crippen LogP contribution in [0.4, 0.5) is 0 Å². The maximum atomic E-state index is 12.2. The second-order valence-electron chi connectivity index (χ2n) is 6.08. The van der Waals surface area contributed by atoms with Crippen molar-refractivity contribution in [2.24, 2.45) is 0 Å². The molecule has 2 aromatic heterocycles. The van der Waals surface area contributed by atoms with Crippen LogP contribution in [-0.2, 0) is 17.8 Å². The molecule has 0 radical (unpaired) electrons. The van der Waals surface area contributed by atoms with Gasteiger partial charge in [-0.1, -0.05) is 11.6 Å². The molecule has 29 heavy (non-hydrogen) atoms. The standard InChI is InChI=1S/C21H14ClNO5S/c22-14-3-6-16(7-4-14)26-11-19-23-15(12-29-19)9-21(25)27-17-5-1-13-2-8-20(24)28-18(13)10-17/h1-8,10,12H,9,11H2. The van der Waals surface area contributed by atoms with Gasteiger partial charge in [-0.25, -0.2) is 9.78 Å². The second kappa shape index (κ2) is 8.46. The van der Waals surface area contributed by atoms with Crippen molar-refractivity contribution in [3.63, 3.8) is 0 Å². The molecule has 0 amide bonds. The number of hydrogen-bond acceptors (Lipinski definition) is 7. The third kappa shape index (κ3) is 5.01. The molecule has 0 N–H and O–H groups in total. The average molecular weight is 428 g/mol. The van der Waals surface area contributed by atoms with Gasteiger partial charge in [0.25, 0.3) is 0 Å². The minimum Gasteiger partial charge on any atom is -0.486 e. The molecule has 146 valence electrons. The van der Waals surface area contributed by atoms with Crippen LogP contribution in [0.15, 0.2) is 69.2 Å². The summed E-state index contributed by atoms with van der Waals surface area (Å²) in [4.78, 5) is 27.9. The maximum Gasteiger partial charge on any atom is 0.336 e. The monoisotopic (exact) mass is 427 g/mol. The van der Waals surface area contributed by atoms with Crippen LogP contribution in [0, 0.1) is 0 Å². The number of hydrogen-bond donors (Lipinski definition) is 0. The number of benzene rings is 2. The number of aromatic nitrogens is 1. The number of halogens is 1. The van der Waals surface area contributed by atoms with Gasteiger partial charge < -0.3 is 13.9 Å². The van der Waals surface area contributed by atoms with E-state index in [1.807, 2.05) is 0 Å². The van der Waals surface area contributed by atoms with Gasteiger partial charge in [-0.15, -0.1) is 11.3 Å². The molecule has 0 aliphatic rings. The number of nitrogens with zero attached hydrogens (tertiary/aromatic N) is 1. The highest BCUT2D eigenvalue weighted by atomic mass is 35.5. The first kappa shape index (κ1) is 19.2. The molecule has 0 atom stereocenters. The van der Waals surface area contributed by atoms with Crippen LogP contribution < -0.4 is 15.1 Å². The van der Waals surface area contributed by atoms with Crippen LogP contribution in [0.2, 0.25) is 5.02 Å². The number of rotatable bonds is 6. The zero-order valence-electron chi connectivity index (χ0n) is 15.0. The summed E-state index contributed by atoms with van der Waals surface area (Å²) in [6.07, 6.45) is 0.0220. The lowest BCUT2D eigenvalue weighted by Gasteiger charge is -2.04.